The first kappa shape index (κ1) is 18.2. The molecule has 2 aliphatic rings. The summed E-state index contributed by atoms with van der Waals surface area (Å²) in [7, 11) is 4.68. The molecule has 7 nitrogen and oxygen atoms in total. The Kier molecular flexibility index (Phi) is 5.13. The summed E-state index contributed by atoms with van der Waals surface area (Å²) in [5.41, 5.74) is 1.53. The van der Waals surface area contributed by atoms with Crippen molar-refractivity contribution in [3.8, 4) is 11.5 Å². The lowest BCUT2D eigenvalue weighted by Crippen LogP contribution is -2.52. The molecule has 1 aromatic carbocycles. The fourth-order valence-electron chi connectivity index (χ4n) is 3.12. The summed E-state index contributed by atoms with van der Waals surface area (Å²) < 4.78 is 11.0. The molecule has 26 heavy (non-hydrogen) atoms. The average molecular weight is 375 g/mol. The van der Waals surface area contributed by atoms with Crippen LogP contribution in [-0.2, 0) is 9.59 Å². The van der Waals surface area contributed by atoms with E-state index in [1.165, 1.54) is 18.0 Å². The minimum absolute atomic E-state index is 0.00428. The van der Waals surface area contributed by atoms with Crippen LogP contribution in [0.2, 0.25) is 0 Å². The van der Waals surface area contributed by atoms with Gasteiger partial charge in [0, 0.05) is 31.8 Å². The number of methoxy groups -OCH3 is 2. The maximum atomic E-state index is 12.4. The lowest BCUT2D eigenvalue weighted by atomic mass is 10.1. The molecule has 3 rings (SSSR count). The van der Waals surface area contributed by atoms with Gasteiger partial charge in [0.2, 0.25) is 0 Å². The Morgan fingerprint density at radius 3 is 2.38 bits per heavy atom. The van der Waals surface area contributed by atoms with Crippen molar-refractivity contribution in [1.29, 1.82) is 0 Å². The van der Waals surface area contributed by atoms with Gasteiger partial charge in [-0.3, -0.25) is 19.8 Å². The first-order valence-electron chi connectivity index (χ1n) is 8.32. The van der Waals surface area contributed by atoms with Gasteiger partial charge in [-0.25, -0.2) is 0 Å². The second kappa shape index (κ2) is 7.33. The highest BCUT2D eigenvalue weighted by Crippen LogP contribution is 2.38. The van der Waals surface area contributed by atoms with Gasteiger partial charge in [-0.2, -0.15) is 0 Å². The lowest BCUT2D eigenvalue weighted by Gasteiger charge is -2.25. The molecule has 2 saturated heterocycles. The first-order chi connectivity index (χ1) is 12.5. The highest BCUT2D eigenvalue weighted by molar-refractivity contribution is 7.80. The van der Waals surface area contributed by atoms with Gasteiger partial charge in [0.15, 0.2) is 5.11 Å². The van der Waals surface area contributed by atoms with Crippen molar-refractivity contribution in [3.05, 3.63) is 23.3 Å². The van der Waals surface area contributed by atoms with Gasteiger partial charge < -0.3 is 14.4 Å². The van der Waals surface area contributed by atoms with E-state index in [2.05, 4.69) is 10.2 Å². The van der Waals surface area contributed by atoms with E-state index in [1.54, 1.807) is 20.3 Å². The van der Waals surface area contributed by atoms with Crippen LogP contribution in [0.15, 0.2) is 17.7 Å². The number of amides is 2. The zero-order chi connectivity index (χ0) is 18.8. The van der Waals surface area contributed by atoms with E-state index < -0.39 is 11.8 Å². The number of hydrogen-bond acceptors (Lipinski definition) is 6. The summed E-state index contributed by atoms with van der Waals surface area (Å²) >= 11 is 4.96. The monoisotopic (exact) mass is 375 g/mol. The number of ether oxygens (including phenoxy) is 2. The average Bonchev–Trinajstić information content (AvgIpc) is 3.17. The zero-order valence-corrected chi connectivity index (χ0v) is 15.8. The van der Waals surface area contributed by atoms with Gasteiger partial charge in [-0.1, -0.05) is 0 Å². The van der Waals surface area contributed by atoms with Gasteiger partial charge in [-0.15, -0.1) is 0 Å². The van der Waals surface area contributed by atoms with E-state index in [0.29, 0.717) is 17.1 Å². The number of benzene rings is 1. The molecule has 138 valence electrons. The standard InChI is InChI=1S/C18H21N3O4S/c1-20-17(23)12(16(22)19-18(20)26)8-11-9-15(25-3)13(10-14(11)24-2)21-6-4-5-7-21/h8-10H,4-7H2,1-3H3,(H,19,22,26)/b12-8+. The number of carbonyl (C=O) groups excluding carboxylic acids is 2. The maximum Gasteiger partial charge on any atom is 0.265 e. The third-order valence-corrected chi connectivity index (χ3v) is 4.96. The first-order valence-corrected chi connectivity index (χ1v) is 8.73. The number of likely N-dealkylation sites (N-methyl/N-ethyl adjacent to an activating group) is 1. The number of carbonyl (C=O) groups is 2. The molecular weight excluding hydrogens is 354 g/mol. The van der Waals surface area contributed by atoms with Crippen LogP contribution in [0.25, 0.3) is 6.08 Å². The number of anilines is 1. The van der Waals surface area contributed by atoms with Crippen molar-refractivity contribution < 1.29 is 19.1 Å². The zero-order valence-electron chi connectivity index (χ0n) is 15.0. The molecule has 1 aromatic rings. The predicted octanol–water partition coefficient (Wildman–Crippen LogP) is 1.56. The number of nitrogens with one attached hydrogen (secondary N) is 1. The molecule has 0 aliphatic carbocycles. The van der Waals surface area contributed by atoms with Gasteiger partial charge in [0.25, 0.3) is 11.8 Å². The summed E-state index contributed by atoms with van der Waals surface area (Å²) in [5, 5.41) is 2.59. The van der Waals surface area contributed by atoms with E-state index in [0.717, 1.165) is 31.6 Å². The topological polar surface area (TPSA) is 71.1 Å². The van der Waals surface area contributed by atoms with Crippen LogP contribution in [0.3, 0.4) is 0 Å². The Morgan fingerprint density at radius 2 is 1.77 bits per heavy atom. The minimum atomic E-state index is -0.525. The minimum Gasteiger partial charge on any atom is -0.496 e. The molecule has 2 heterocycles. The van der Waals surface area contributed by atoms with Crippen LogP contribution in [0.4, 0.5) is 5.69 Å². The van der Waals surface area contributed by atoms with Crippen molar-refractivity contribution >= 4 is 40.9 Å². The number of nitrogens with zero attached hydrogens (tertiary/aromatic N) is 2. The van der Waals surface area contributed by atoms with E-state index in [1.807, 2.05) is 6.07 Å². The van der Waals surface area contributed by atoms with E-state index >= 15 is 0 Å². The molecule has 0 spiro atoms. The van der Waals surface area contributed by atoms with Gasteiger partial charge >= 0.3 is 0 Å². The highest BCUT2D eigenvalue weighted by atomic mass is 32.1. The largest absolute Gasteiger partial charge is 0.496 e. The van der Waals surface area contributed by atoms with E-state index in [4.69, 9.17) is 21.7 Å². The molecule has 0 radical (unpaired) electrons. The summed E-state index contributed by atoms with van der Waals surface area (Å²) in [6, 6.07) is 3.67. The smallest absolute Gasteiger partial charge is 0.265 e. The quantitative estimate of drug-likeness (QED) is 0.489. The van der Waals surface area contributed by atoms with Crippen LogP contribution in [0.5, 0.6) is 11.5 Å². The van der Waals surface area contributed by atoms with Crippen molar-refractivity contribution in [3.63, 3.8) is 0 Å². The molecular formula is C18H21N3O4S. The Bertz CT molecular complexity index is 800. The summed E-state index contributed by atoms with van der Waals surface area (Å²) in [5.74, 6) is 0.259. The summed E-state index contributed by atoms with van der Waals surface area (Å²) in [4.78, 5) is 28.1. The molecule has 8 heteroatoms. The molecule has 1 N–H and O–H groups in total. The molecule has 2 amide bonds. The fraction of sp³-hybridized carbons (Fsp3) is 0.389. The highest BCUT2D eigenvalue weighted by Gasteiger charge is 2.31. The molecule has 2 aliphatic heterocycles. The maximum absolute atomic E-state index is 12.4. The van der Waals surface area contributed by atoms with Crippen LogP contribution in [0.1, 0.15) is 18.4 Å². The van der Waals surface area contributed by atoms with Crippen LogP contribution in [-0.4, -0.2) is 56.2 Å². The third kappa shape index (κ3) is 3.24. The van der Waals surface area contributed by atoms with Gasteiger partial charge in [0.1, 0.15) is 17.1 Å². The van der Waals surface area contributed by atoms with Crippen LogP contribution < -0.4 is 19.7 Å². The molecule has 0 atom stereocenters. The van der Waals surface area contributed by atoms with Crippen molar-refractivity contribution in [2.45, 2.75) is 12.8 Å². The number of rotatable bonds is 4. The van der Waals surface area contributed by atoms with E-state index in [-0.39, 0.29) is 10.7 Å². The van der Waals surface area contributed by atoms with Crippen LogP contribution >= 0.6 is 12.2 Å². The van der Waals surface area contributed by atoms with Crippen molar-refractivity contribution in [2.24, 2.45) is 0 Å². The summed E-state index contributed by atoms with van der Waals surface area (Å²) in [6.45, 7) is 1.92. The van der Waals surface area contributed by atoms with Crippen molar-refractivity contribution in [2.75, 3.05) is 39.3 Å². The van der Waals surface area contributed by atoms with Gasteiger partial charge in [0.05, 0.1) is 19.9 Å². The van der Waals surface area contributed by atoms with Gasteiger partial charge in [-0.05, 0) is 37.2 Å². The van der Waals surface area contributed by atoms with E-state index in [9.17, 15) is 9.59 Å². The molecule has 0 saturated carbocycles. The number of thiocarbonyl (C=S) groups is 1. The van der Waals surface area contributed by atoms with Crippen molar-refractivity contribution in [1.82, 2.24) is 10.2 Å². The predicted molar refractivity (Wildman–Crippen MR) is 102 cm³/mol. The fourth-order valence-corrected chi connectivity index (χ4v) is 3.30. The Balaban J connectivity index is 2.05. The normalized spacial score (nSPS) is 19.2. The molecule has 0 unspecified atom stereocenters. The summed E-state index contributed by atoms with van der Waals surface area (Å²) in [6.07, 6.45) is 3.78. The second-order valence-corrected chi connectivity index (χ2v) is 6.53. The Morgan fingerprint density at radius 1 is 1.12 bits per heavy atom. The number of hydrogen-bond donors (Lipinski definition) is 1. The lowest BCUT2D eigenvalue weighted by molar-refractivity contribution is -0.128. The second-order valence-electron chi connectivity index (χ2n) is 6.14. The van der Waals surface area contributed by atoms with Crippen LogP contribution in [0, 0.1) is 0 Å². The Labute approximate surface area is 157 Å². The SMILES string of the molecule is COc1cc(N2CCCC2)c(OC)cc1/C=C1\C(=O)NC(=S)N(C)C1=O. The molecule has 2 fully saturated rings. The molecule has 0 aromatic heterocycles. The third-order valence-electron chi connectivity index (χ3n) is 4.58. The molecule has 0 bridgehead atoms. The Hall–Kier alpha value is -2.61.